The van der Waals surface area contributed by atoms with Gasteiger partial charge < -0.3 is 9.72 Å². The second-order valence-corrected chi connectivity index (χ2v) is 6.64. The molecule has 1 aliphatic rings. The molecule has 1 atom stereocenters. The van der Waals surface area contributed by atoms with Gasteiger partial charge in [0, 0.05) is 25.1 Å². The molecule has 1 aromatic carbocycles. The summed E-state index contributed by atoms with van der Waals surface area (Å²) in [6.45, 7) is 3.27. The summed E-state index contributed by atoms with van der Waals surface area (Å²) >= 11 is 1.77. The molecule has 22 heavy (non-hydrogen) atoms. The predicted octanol–water partition coefficient (Wildman–Crippen LogP) is 3.62. The number of ether oxygens (including phenoxy) is 1. The summed E-state index contributed by atoms with van der Waals surface area (Å²) < 4.78 is 5.28. The zero-order valence-electron chi connectivity index (χ0n) is 12.6. The number of hydrogen-bond donors (Lipinski definition) is 1. The van der Waals surface area contributed by atoms with Crippen molar-refractivity contribution < 1.29 is 4.74 Å². The van der Waals surface area contributed by atoms with Gasteiger partial charge in [-0.05, 0) is 47.5 Å². The molecule has 3 aromatic rings. The number of nitrogens with one attached hydrogen (secondary N) is 1. The normalized spacial score (nSPS) is 19.0. The van der Waals surface area contributed by atoms with Crippen molar-refractivity contribution in [3.63, 3.8) is 0 Å². The van der Waals surface area contributed by atoms with Crippen molar-refractivity contribution in [3.05, 3.63) is 46.4 Å². The van der Waals surface area contributed by atoms with Crippen molar-refractivity contribution >= 4 is 22.4 Å². The van der Waals surface area contributed by atoms with Crippen molar-refractivity contribution in [2.45, 2.75) is 18.9 Å². The Hall–Kier alpha value is -1.85. The first kappa shape index (κ1) is 13.8. The van der Waals surface area contributed by atoms with Gasteiger partial charge in [-0.1, -0.05) is 0 Å². The van der Waals surface area contributed by atoms with Crippen LogP contribution in [0.15, 0.2) is 35.0 Å². The molecule has 0 radical (unpaired) electrons. The fourth-order valence-electron chi connectivity index (χ4n) is 3.17. The number of aromatic nitrogens is 2. The largest absolute Gasteiger partial charge is 0.497 e. The van der Waals surface area contributed by atoms with E-state index < -0.39 is 0 Å². The number of benzene rings is 1. The number of rotatable bonds is 4. The second kappa shape index (κ2) is 5.74. The summed E-state index contributed by atoms with van der Waals surface area (Å²) in [4.78, 5) is 10.8. The Balaban J connectivity index is 1.50. The average molecular weight is 313 g/mol. The van der Waals surface area contributed by atoms with Crippen LogP contribution in [0.3, 0.4) is 0 Å². The Labute approximate surface area is 133 Å². The van der Waals surface area contributed by atoms with Crippen LogP contribution in [0.4, 0.5) is 0 Å². The van der Waals surface area contributed by atoms with E-state index in [0.29, 0.717) is 5.92 Å². The molecule has 0 saturated carbocycles. The van der Waals surface area contributed by atoms with Crippen LogP contribution in [-0.2, 0) is 6.54 Å². The topological polar surface area (TPSA) is 41.1 Å². The number of H-pyrrole nitrogens is 1. The fourth-order valence-corrected chi connectivity index (χ4v) is 3.83. The van der Waals surface area contributed by atoms with Crippen LogP contribution in [-0.4, -0.2) is 35.1 Å². The van der Waals surface area contributed by atoms with Crippen molar-refractivity contribution in [1.29, 1.82) is 0 Å². The van der Waals surface area contributed by atoms with Gasteiger partial charge in [0.05, 0.1) is 18.1 Å². The molecule has 1 N–H and O–H groups in total. The molecule has 1 fully saturated rings. The van der Waals surface area contributed by atoms with Gasteiger partial charge in [-0.25, -0.2) is 4.98 Å². The molecule has 1 unspecified atom stereocenters. The van der Waals surface area contributed by atoms with Gasteiger partial charge in [-0.15, -0.1) is 0 Å². The fraction of sp³-hybridized carbons (Fsp3) is 0.353. The zero-order valence-corrected chi connectivity index (χ0v) is 13.4. The first-order valence-corrected chi connectivity index (χ1v) is 8.53. The van der Waals surface area contributed by atoms with Crippen LogP contribution >= 0.6 is 11.3 Å². The van der Waals surface area contributed by atoms with Crippen molar-refractivity contribution in [2.75, 3.05) is 20.2 Å². The van der Waals surface area contributed by atoms with Crippen LogP contribution in [0.5, 0.6) is 5.75 Å². The number of hydrogen-bond acceptors (Lipinski definition) is 4. The molecule has 2 aromatic heterocycles. The summed E-state index contributed by atoms with van der Waals surface area (Å²) in [7, 11) is 1.69. The van der Waals surface area contributed by atoms with E-state index in [0.717, 1.165) is 42.2 Å². The maximum atomic E-state index is 5.28. The van der Waals surface area contributed by atoms with Crippen LogP contribution in [0.1, 0.15) is 23.7 Å². The van der Waals surface area contributed by atoms with Gasteiger partial charge in [0.1, 0.15) is 11.6 Å². The highest BCUT2D eigenvalue weighted by atomic mass is 32.1. The molecular formula is C17H19N3OS. The Kier molecular flexibility index (Phi) is 3.60. The van der Waals surface area contributed by atoms with Gasteiger partial charge in [0.25, 0.3) is 0 Å². The number of imidazole rings is 1. The maximum Gasteiger partial charge on any atom is 0.121 e. The van der Waals surface area contributed by atoms with Gasteiger partial charge in [0.15, 0.2) is 0 Å². The minimum Gasteiger partial charge on any atom is -0.497 e. The number of fused-ring (bicyclic) bond motifs is 1. The van der Waals surface area contributed by atoms with E-state index in [-0.39, 0.29) is 0 Å². The van der Waals surface area contributed by atoms with Crippen LogP contribution < -0.4 is 4.74 Å². The van der Waals surface area contributed by atoms with E-state index >= 15 is 0 Å². The predicted molar refractivity (Wildman–Crippen MR) is 89.6 cm³/mol. The highest BCUT2D eigenvalue weighted by Crippen LogP contribution is 2.29. The number of likely N-dealkylation sites (tertiary alicyclic amines) is 1. The third-order valence-electron chi connectivity index (χ3n) is 4.35. The molecule has 114 valence electrons. The highest BCUT2D eigenvalue weighted by molar-refractivity contribution is 7.07. The third-order valence-corrected chi connectivity index (χ3v) is 5.08. The van der Waals surface area contributed by atoms with Crippen LogP contribution in [0.25, 0.3) is 11.0 Å². The lowest BCUT2D eigenvalue weighted by molar-refractivity contribution is 0.326. The molecule has 1 aliphatic heterocycles. The number of aromatic amines is 1. The Morgan fingerprint density at radius 3 is 3.18 bits per heavy atom. The minimum atomic E-state index is 0.497. The molecule has 0 aliphatic carbocycles. The highest BCUT2D eigenvalue weighted by Gasteiger charge is 2.26. The third kappa shape index (κ3) is 2.62. The molecule has 0 amide bonds. The quantitative estimate of drug-likeness (QED) is 0.800. The number of methoxy groups -OCH3 is 1. The average Bonchev–Trinajstić information content (AvgIpc) is 3.26. The van der Waals surface area contributed by atoms with Gasteiger partial charge in [-0.3, -0.25) is 4.90 Å². The first-order valence-electron chi connectivity index (χ1n) is 7.59. The summed E-state index contributed by atoms with van der Waals surface area (Å²) in [5, 5.41) is 4.39. The lowest BCUT2D eigenvalue weighted by Gasteiger charge is -2.14. The molecule has 0 bridgehead atoms. The molecule has 5 heteroatoms. The van der Waals surface area contributed by atoms with E-state index in [2.05, 4.69) is 26.7 Å². The molecule has 4 nitrogen and oxygen atoms in total. The van der Waals surface area contributed by atoms with E-state index in [1.54, 1.807) is 18.4 Å². The standard InChI is InChI=1S/C17H19N3OS/c1-21-14-2-3-15-16(8-14)19-17(18-15)13-4-6-20(10-13)9-12-5-7-22-11-12/h2-3,5,7-8,11,13H,4,6,9-10H2,1H3,(H,18,19). The van der Waals surface area contributed by atoms with E-state index in [1.165, 1.54) is 12.0 Å². The molecule has 3 heterocycles. The summed E-state index contributed by atoms with van der Waals surface area (Å²) in [5.74, 6) is 2.47. The van der Waals surface area contributed by atoms with Crippen molar-refractivity contribution in [1.82, 2.24) is 14.9 Å². The van der Waals surface area contributed by atoms with Crippen LogP contribution in [0, 0.1) is 0 Å². The van der Waals surface area contributed by atoms with Crippen molar-refractivity contribution in [3.8, 4) is 5.75 Å². The lowest BCUT2D eigenvalue weighted by Crippen LogP contribution is -2.19. The SMILES string of the molecule is COc1ccc2nc(C3CCN(Cc4ccsc4)C3)[nH]c2c1. The van der Waals surface area contributed by atoms with E-state index in [1.807, 2.05) is 18.2 Å². The van der Waals surface area contributed by atoms with Gasteiger partial charge in [-0.2, -0.15) is 11.3 Å². The molecule has 1 saturated heterocycles. The number of nitrogens with zero attached hydrogens (tertiary/aromatic N) is 2. The Morgan fingerprint density at radius 1 is 1.41 bits per heavy atom. The Bertz CT molecular complexity index is 765. The summed E-state index contributed by atoms with van der Waals surface area (Å²) in [6.07, 6.45) is 1.17. The lowest BCUT2D eigenvalue weighted by atomic mass is 10.1. The summed E-state index contributed by atoms with van der Waals surface area (Å²) in [5.41, 5.74) is 3.50. The molecule has 4 rings (SSSR count). The number of thiophene rings is 1. The monoisotopic (exact) mass is 313 g/mol. The van der Waals surface area contributed by atoms with Gasteiger partial charge >= 0.3 is 0 Å². The first-order chi connectivity index (χ1) is 10.8. The molecular weight excluding hydrogens is 294 g/mol. The van der Waals surface area contributed by atoms with Crippen LogP contribution in [0.2, 0.25) is 0 Å². The molecule has 0 spiro atoms. The minimum absolute atomic E-state index is 0.497. The second-order valence-electron chi connectivity index (χ2n) is 5.86. The van der Waals surface area contributed by atoms with Gasteiger partial charge in [0.2, 0.25) is 0 Å². The maximum absolute atomic E-state index is 5.28. The zero-order chi connectivity index (χ0) is 14.9. The summed E-state index contributed by atoms with van der Waals surface area (Å²) in [6, 6.07) is 8.21. The Morgan fingerprint density at radius 2 is 2.36 bits per heavy atom. The van der Waals surface area contributed by atoms with Crippen molar-refractivity contribution in [2.24, 2.45) is 0 Å². The van der Waals surface area contributed by atoms with E-state index in [9.17, 15) is 0 Å². The van der Waals surface area contributed by atoms with E-state index in [4.69, 9.17) is 9.72 Å². The smallest absolute Gasteiger partial charge is 0.121 e.